The van der Waals surface area contributed by atoms with E-state index in [1.165, 1.54) is 11.1 Å². The van der Waals surface area contributed by atoms with E-state index in [0.717, 1.165) is 85.4 Å². The van der Waals surface area contributed by atoms with E-state index in [9.17, 15) is 0 Å². The molecule has 0 unspecified atom stereocenters. The lowest BCUT2D eigenvalue weighted by Crippen LogP contribution is -2.24. The van der Waals surface area contributed by atoms with Crippen LogP contribution >= 0.6 is 11.6 Å². The lowest BCUT2D eigenvalue weighted by atomic mass is 10.1. The number of aromatic nitrogens is 2. The van der Waals surface area contributed by atoms with Crippen LogP contribution in [0.25, 0.3) is 11.4 Å². The lowest BCUT2D eigenvalue weighted by Gasteiger charge is -2.24. The molecule has 6 nitrogen and oxygen atoms in total. The van der Waals surface area contributed by atoms with Crippen LogP contribution in [-0.2, 0) is 32.6 Å². The molecule has 0 amide bonds. The van der Waals surface area contributed by atoms with Crippen molar-refractivity contribution in [3.05, 3.63) is 94.3 Å². The molecule has 7 heteroatoms. The maximum absolute atomic E-state index is 6.87. The van der Waals surface area contributed by atoms with Gasteiger partial charge in [0, 0.05) is 38.2 Å². The lowest BCUT2D eigenvalue weighted by molar-refractivity contribution is 0.174. The quantitative estimate of drug-likeness (QED) is 0.224. The molecule has 3 aromatic carbocycles. The Bertz CT molecular complexity index is 1360. The smallest absolute Gasteiger partial charge is 0.231 e. The first-order valence-electron chi connectivity index (χ1n) is 13.3. The van der Waals surface area contributed by atoms with Crippen molar-refractivity contribution in [2.24, 2.45) is 0 Å². The molecule has 2 aliphatic rings. The van der Waals surface area contributed by atoms with E-state index in [4.69, 9.17) is 30.8 Å². The van der Waals surface area contributed by atoms with E-state index in [-0.39, 0.29) is 6.79 Å². The average molecular weight is 530 g/mol. The van der Waals surface area contributed by atoms with Gasteiger partial charge in [0.05, 0.1) is 12.3 Å². The zero-order valence-corrected chi connectivity index (χ0v) is 22.4. The summed E-state index contributed by atoms with van der Waals surface area (Å²) in [6.45, 7) is 6.30. The summed E-state index contributed by atoms with van der Waals surface area (Å²) in [6, 6.07) is 23.1. The molecule has 196 valence electrons. The Kier molecular flexibility index (Phi) is 7.25. The summed E-state index contributed by atoms with van der Waals surface area (Å²) in [4.78, 5) is 7.27. The molecule has 0 saturated carbocycles. The molecular formula is C31H32ClN3O3. The van der Waals surface area contributed by atoms with Crippen molar-refractivity contribution in [1.82, 2.24) is 14.5 Å². The van der Waals surface area contributed by atoms with Gasteiger partial charge in [-0.15, -0.1) is 0 Å². The zero-order chi connectivity index (χ0) is 25.9. The fourth-order valence-electron chi connectivity index (χ4n) is 5.25. The minimum absolute atomic E-state index is 0.272. The van der Waals surface area contributed by atoms with Crippen molar-refractivity contribution in [3.63, 3.8) is 0 Å². The highest BCUT2D eigenvalue weighted by molar-refractivity contribution is 6.30. The van der Waals surface area contributed by atoms with Crippen LogP contribution in [-0.4, -0.2) is 27.9 Å². The minimum Gasteiger partial charge on any atom is -0.493 e. The largest absolute Gasteiger partial charge is 0.493 e. The van der Waals surface area contributed by atoms with Gasteiger partial charge in [-0.05, 0) is 41.3 Å². The van der Waals surface area contributed by atoms with E-state index in [2.05, 4.69) is 58.9 Å². The summed E-state index contributed by atoms with van der Waals surface area (Å²) in [5.41, 5.74) is 5.83. The molecule has 0 N–H and O–H groups in total. The highest BCUT2D eigenvalue weighted by Gasteiger charge is 2.22. The summed E-state index contributed by atoms with van der Waals surface area (Å²) < 4.78 is 19.2. The third-order valence-electron chi connectivity index (χ3n) is 7.17. The molecule has 0 spiro atoms. The van der Waals surface area contributed by atoms with Crippen molar-refractivity contribution < 1.29 is 14.2 Å². The van der Waals surface area contributed by atoms with Crippen molar-refractivity contribution in [2.45, 2.75) is 52.4 Å². The van der Waals surface area contributed by atoms with Crippen LogP contribution in [0.4, 0.5) is 0 Å². The molecule has 3 heterocycles. The number of imidazole rings is 1. The van der Waals surface area contributed by atoms with Gasteiger partial charge < -0.3 is 18.8 Å². The van der Waals surface area contributed by atoms with E-state index in [1.54, 1.807) is 0 Å². The van der Waals surface area contributed by atoms with Gasteiger partial charge >= 0.3 is 0 Å². The molecule has 1 aromatic heterocycles. The summed E-state index contributed by atoms with van der Waals surface area (Å²) in [6.07, 6.45) is 3.12. The molecule has 0 fully saturated rings. The Morgan fingerprint density at radius 3 is 2.45 bits per heavy atom. The van der Waals surface area contributed by atoms with Gasteiger partial charge in [0.2, 0.25) is 6.79 Å². The fraction of sp³-hybridized carbons (Fsp3) is 0.323. The molecule has 6 rings (SSSR count). The van der Waals surface area contributed by atoms with E-state index in [0.29, 0.717) is 11.7 Å². The monoisotopic (exact) mass is 529 g/mol. The Morgan fingerprint density at radius 1 is 0.868 bits per heavy atom. The van der Waals surface area contributed by atoms with Crippen LogP contribution in [0.2, 0.25) is 5.15 Å². The van der Waals surface area contributed by atoms with Crippen LogP contribution in [0.5, 0.6) is 17.2 Å². The first-order chi connectivity index (χ1) is 18.7. The molecule has 0 aliphatic carbocycles. The standard InChI is InChI=1S/C31H32ClN3O3/c1-2-3-14-35-26(30(32)33-31(35)24-7-5-4-6-8-24)20-34(18-22-9-11-27-25(16-22)13-15-36-27)19-23-10-12-28-29(17-23)38-21-37-28/h4-12,16-17H,2-3,13-15,18-21H2,1H3. The van der Waals surface area contributed by atoms with Crippen LogP contribution in [0.1, 0.15) is 42.1 Å². The van der Waals surface area contributed by atoms with Gasteiger partial charge in [0.25, 0.3) is 0 Å². The van der Waals surface area contributed by atoms with E-state index >= 15 is 0 Å². The molecule has 0 saturated heterocycles. The molecule has 0 radical (unpaired) electrons. The van der Waals surface area contributed by atoms with Crippen LogP contribution < -0.4 is 14.2 Å². The molecule has 38 heavy (non-hydrogen) atoms. The minimum atomic E-state index is 0.272. The molecule has 0 atom stereocenters. The second-order valence-corrected chi connectivity index (χ2v) is 10.3. The van der Waals surface area contributed by atoms with Gasteiger partial charge in [-0.3, -0.25) is 4.90 Å². The molecule has 0 bridgehead atoms. The van der Waals surface area contributed by atoms with Crippen molar-refractivity contribution in [3.8, 4) is 28.6 Å². The number of fused-ring (bicyclic) bond motifs is 2. The first kappa shape index (κ1) is 24.8. The highest BCUT2D eigenvalue weighted by atomic mass is 35.5. The van der Waals surface area contributed by atoms with Crippen LogP contribution in [0.15, 0.2) is 66.7 Å². The van der Waals surface area contributed by atoms with E-state index in [1.807, 2.05) is 24.3 Å². The number of halogens is 1. The Labute approximate surface area is 228 Å². The van der Waals surface area contributed by atoms with E-state index < -0.39 is 0 Å². The Balaban J connectivity index is 1.34. The Morgan fingerprint density at radius 2 is 1.63 bits per heavy atom. The van der Waals surface area contributed by atoms with Gasteiger partial charge in [-0.25, -0.2) is 4.98 Å². The van der Waals surface area contributed by atoms with Gasteiger partial charge in [-0.1, -0.05) is 73.5 Å². The number of unbranched alkanes of at least 4 members (excludes halogenated alkanes) is 1. The van der Waals surface area contributed by atoms with Gasteiger partial charge in [-0.2, -0.15) is 0 Å². The van der Waals surface area contributed by atoms with Crippen LogP contribution in [0.3, 0.4) is 0 Å². The zero-order valence-electron chi connectivity index (χ0n) is 21.7. The predicted molar refractivity (Wildman–Crippen MR) is 149 cm³/mol. The maximum Gasteiger partial charge on any atom is 0.231 e. The summed E-state index contributed by atoms with van der Waals surface area (Å²) in [5, 5.41) is 0.568. The number of hydrogen-bond acceptors (Lipinski definition) is 5. The summed E-state index contributed by atoms with van der Waals surface area (Å²) in [7, 11) is 0. The first-order valence-corrected chi connectivity index (χ1v) is 13.7. The summed E-state index contributed by atoms with van der Waals surface area (Å²) >= 11 is 6.87. The van der Waals surface area contributed by atoms with Gasteiger partial charge in [0.15, 0.2) is 16.7 Å². The summed E-state index contributed by atoms with van der Waals surface area (Å²) in [5.74, 6) is 3.53. The predicted octanol–water partition coefficient (Wildman–Crippen LogP) is 6.87. The second-order valence-electron chi connectivity index (χ2n) is 9.92. The van der Waals surface area contributed by atoms with Crippen molar-refractivity contribution in [1.29, 1.82) is 0 Å². The highest BCUT2D eigenvalue weighted by Crippen LogP contribution is 2.34. The molecule has 2 aliphatic heterocycles. The number of nitrogens with zero attached hydrogens (tertiary/aromatic N) is 3. The number of ether oxygens (including phenoxy) is 3. The molecular weight excluding hydrogens is 498 g/mol. The topological polar surface area (TPSA) is 48.8 Å². The van der Waals surface area contributed by atoms with Gasteiger partial charge in [0.1, 0.15) is 11.6 Å². The molecule has 4 aromatic rings. The number of benzene rings is 3. The Hall–Kier alpha value is -3.48. The normalized spacial score (nSPS) is 13.7. The second kappa shape index (κ2) is 11.1. The van der Waals surface area contributed by atoms with Crippen molar-refractivity contribution in [2.75, 3.05) is 13.4 Å². The SMILES string of the molecule is CCCCn1c(-c2ccccc2)nc(Cl)c1CN(Cc1ccc2c(c1)CCO2)Cc1ccc2c(c1)OCO2. The average Bonchev–Trinajstić information content (AvgIpc) is 3.67. The maximum atomic E-state index is 6.87. The van der Waals surface area contributed by atoms with Crippen LogP contribution in [0, 0.1) is 0 Å². The fourth-order valence-corrected chi connectivity index (χ4v) is 5.49. The number of hydrogen-bond donors (Lipinski definition) is 0. The third-order valence-corrected chi connectivity index (χ3v) is 7.47. The van der Waals surface area contributed by atoms with Crippen molar-refractivity contribution >= 4 is 11.6 Å². The third kappa shape index (κ3) is 5.24. The number of rotatable bonds is 10.